The average Bonchev–Trinajstić information content (AvgIpc) is 0.784. The first-order valence-corrected chi connectivity index (χ1v) is 32.1. The predicted molar refractivity (Wildman–Crippen MR) is 399 cm³/mol. The minimum atomic E-state index is -0.222. The van der Waals surface area contributed by atoms with Crippen LogP contribution in [0.3, 0.4) is 0 Å². The van der Waals surface area contributed by atoms with Gasteiger partial charge in [0.05, 0.1) is 23.1 Å². The summed E-state index contributed by atoms with van der Waals surface area (Å²) in [4.78, 5) is 11.2. The third kappa shape index (κ3) is 9.95. The number of pyridine rings is 1. The van der Waals surface area contributed by atoms with Crippen LogP contribution >= 0.6 is 0 Å². The molecule has 15 aromatic carbocycles. The quantitative estimate of drug-likeness (QED) is 0.105. The number of rotatable bonds is 8. The fourth-order valence-corrected chi connectivity index (χ4v) is 14.4. The molecule has 0 bridgehead atoms. The van der Waals surface area contributed by atoms with Crippen molar-refractivity contribution in [1.29, 1.82) is 5.41 Å². The molecule has 0 amide bonds. The number of fused-ring (bicyclic) bond motifs is 13. The SMILES string of the molecule is C=C1NC(c2cc(C3=CC(c4cc5ccccc5c5ccccc45)NC(c4cc5ccccc5c5ccccc45)=C3)cc(-c3cc(-c4cc5ccccc5c5ccccc45)nc(-c4cc5ccccc5c5ccccc45)c3)c2)=Nc2ccccc21.CC(=N)c1ccccc1. The Labute approximate surface area is 545 Å². The third-order valence-electron chi connectivity index (χ3n) is 18.9. The van der Waals surface area contributed by atoms with E-state index in [0.29, 0.717) is 5.71 Å². The molecule has 0 saturated heterocycles. The molecule has 0 saturated carbocycles. The molecule has 3 N–H and O–H groups in total. The van der Waals surface area contributed by atoms with Gasteiger partial charge in [0.1, 0.15) is 5.84 Å². The second kappa shape index (κ2) is 23.2. The highest BCUT2D eigenvalue weighted by atomic mass is 15.0. The van der Waals surface area contributed by atoms with Gasteiger partial charge >= 0.3 is 0 Å². The molecular formula is C89H61N5. The summed E-state index contributed by atoms with van der Waals surface area (Å²) in [5.41, 5.74) is 16.8. The maximum atomic E-state index is 7.24. The number of nitrogens with zero attached hydrogens (tertiary/aromatic N) is 2. The molecule has 2 aliphatic rings. The first-order valence-electron chi connectivity index (χ1n) is 32.1. The van der Waals surface area contributed by atoms with Gasteiger partial charge < -0.3 is 16.0 Å². The van der Waals surface area contributed by atoms with E-state index in [0.717, 1.165) is 101 Å². The van der Waals surface area contributed by atoms with Crippen molar-refractivity contribution in [2.45, 2.75) is 13.0 Å². The normalized spacial score (nSPS) is 13.7. The van der Waals surface area contributed by atoms with Crippen LogP contribution in [0.2, 0.25) is 0 Å². The smallest absolute Gasteiger partial charge is 0.138 e. The average molecular weight is 1200 g/mol. The molecule has 1 unspecified atom stereocenters. The highest BCUT2D eigenvalue weighted by Crippen LogP contribution is 2.45. The summed E-state index contributed by atoms with van der Waals surface area (Å²) in [5, 5.41) is 34.3. The van der Waals surface area contributed by atoms with Crippen molar-refractivity contribution < 1.29 is 0 Å². The Balaban J connectivity index is 0.000000692. The Morgan fingerprint density at radius 2 is 0.777 bits per heavy atom. The van der Waals surface area contributed by atoms with Crippen molar-refractivity contribution >= 4 is 120 Å². The van der Waals surface area contributed by atoms with E-state index in [2.05, 4.69) is 290 Å². The number of dihydropyridines is 1. The number of hydrogen-bond donors (Lipinski definition) is 3. The first kappa shape index (κ1) is 55.7. The van der Waals surface area contributed by atoms with Crippen LogP contribution in [0.5, 0.6) is 0 Å². The summed E-state index contributed by atoms with van der Waals surface area (Å²) in [6, 6.07) is 109. The van der Waals surface area contributed by atoms with Gasteiger partial charge in [-0.2, -0.15) is 0 Å². The highest BCUT2D eigenvalue weighted by Gasteiger charge is 2.26. The molecule has 2 aliphatic heterocycles. The van der Waals surface area contributed by atoms with Crippen molar-refractivity contribution in [1.82, 2.24) is 15.6 Å². The van der Waals surface area contributed by atoms with Crippen molar-refractivity contribution in [3.05, 3.63) is 355 Å². The van der Waals surface area contributed by atoms with Crippen LogP contribution in [0.4, 0.5) is 5.69 Å². The number of aliphatic imine (C=N–C) groups is 1. The zero-order valence-corrected chi connectivity index (χ0v) is 51.7. The molecule has 1 aromatic heterocycles. The molecule has 16 aromatic rings. The Kier molecular flexibility index (Phi) is 13.7. The molecule has 5 nitrogen and oxygen atoms in total. The van der Waals surface area contributed by atoms with Crippen molar-refractivity contribution in [2.24, 2.45) is 4.99 Å². The van der Waals surface area contributed by atoms with Gasteiger partial charge in [-0.15, -0.1) is 0 Å². The number of allylic oxidation sites excluding steroid dienone is 2. The lowest BCUT2D eigenvalue weighted by atomic mass is 9.86. The van der Waals surface area contributed by atoms with Crippen LogP contribution in [0.25, 0.3) is 137 Å². The maximum absolute atomic E-state index is 7.24. The van der Waals surface area contributed by atoms with Crippen molar-refractivity contribution in [3.8, 4) is 33.6 Å². The van der Waals surface area contributed by atoms with Crippen molar-refractivity contribution in [3.63, 3.8) is 0 Å². The van der Waals surface area contributed by atoms with E-state index < -0.39 is 0 Å². The lowest BCUT2D eigenvalue weighted by Crippen LogP contribution is -2.25. The lowest BCUT2D eigenvalue weighted by molar-refractivity contribution is 0.775. The van der Waals surface area contributed by atoms with Gasteiger partial charge in [0.15, 0.2) is 0 Å². The van der Waals surface area contributed by atoms with Crippen LogP contribution in [0.1, 0.15) is 46.3 Å². The predicted octanol–water partition coefficient (Wildman–Crippen LogP) is 22.8. The molecule has 3 heterocycles. The summed E-state index contributed by atoms with van der Waals surface area (Å²) in [7, 11) is 0. The van der Waals surface area contributed by atoms with Crippen molar-refractivity contribution in [2.75, 3.05) is 0 Å². The fourth-order valence-electron chi connectivity index (χ4n) is 14.4. The van der Waals surface area contributed by atoms with Gasteiger partial charge in [0, 0.05) is 44.9 Å². The molecular weight excluding hydrogens is 1140 g/mol. The lowest BCUT2D eigenvalue weighted by Gasteiger charge is -2.28. The topological polar surface area (TPSA) is 73.2 Å². The minimum absolute atomic E-state index is 0.222. The van der Waals surface area contributed by atoms with Crippen LogP contribution in [0, 0.1) is 5.41 Å². The van der Waals surface area contributed by atoms with Gasteiger partial charge in [-0.3, -0.25) is 0 Å². The summed E-state index contributed by atoms with van der Waals surface area (Å²) in [6.45, 7) is 6.34. The van der Waals surface area contributed by atoms with Gasteiger partial charge in [-0.05, 0) is 199 Å². The van der Waals surface area contributed by atoms with Gasteiger partial charge in [-0.25, -0.2) is 9.98 Å². The summed E-state index contributed by atoms with van der Waals surface area (Å²) in [6.07, 6.45) is 4.80. The van der Waals surface area contributed by atoms with E-state index in [-0.39, 0.29) is 6.04 Å². The number of aromatic nitrogens is 1. The first-order chi connectivity index (χ1) is 46.3. The molecule has 0 spiro atoms. The standard InChI is InChI=1S/C81H52N4.C8H9N/c1-49-59-24-18-19-37-76(59)85-81(82-49)58-39-54(56-45-77(72-41-50-20-2-6-25-60(50)64-29-10-14-33-68(64)72)83-78(46-56)73-42-51-21-3-7-26-61(51)65-30-11-15-34-69(65)73)38-55(40-58)57-47-79(74-43-52-22-4-8-27-62(52)66-31-12-16-35-70(66)74)84-80(48-57)75-44-53-23-5-9-28-63(53)67-32-13-17-36-71(67)75;1-7(9)8-5-3-2-4-6-8/h2-48,77,83H,1H2,(H,82,85);2-6,9H,1H3. The number of hydrogen-bond acceptors (Lipinski definition) is 5. The molecule has 0 aliphatic carbocycles. The number of para-hydroxylation sites is 1. The molecule has 5 heteroatoms. The molecule has 442 valence electrons. The monoisotopic (exact) mass is 1200 g/mol. The highest BCUT2D eigenvalue weighted by molar-refractivity contribution is 6.17. The zero-order chi connectivity index (χ0) is 62.8. The second-order valence-corrected chi connectivity index (χ2v) is 24.6. The number of benzene rings is 15. The van der Waals surface area contributed by atoms with Crippen LogP contribution in [-0.2, 0) is 0 Å². The summed E-state index contributed by atoms with van der Waals surface area (Å²) in [5.74, 6) is 0.735. The molecule has 18 rings (SSSR count). The Morgan fingerprint density at radius 1 is 0.372 bits per heavy atom. The Morgan fingerprint density at radius 3 is 1.31 bits per heavy atom. The number of amidine groups is 1. The fraction of sp³-hybridized carbons (Fsp3) is 0.0225. The maximum Gasteiger partial charge on any atom is 0.138 e. The Bertz CT molecular complexity index is 5790. The van der Waals surface area contributed by atoms with E-state index in [1.54, 1.807) is 6.92 Å². The largest absolute Gasteiger partial charge is 0.374 e. The van der Waals surface area contributed by atoms with E-state index in [1.807, 2.05) is 42.5 Å². The molecule has 94 heavy (non-hydrogen) atoms. The van der Waals surface area contributed by atoms with Gasteiger partial charge in [0.25, 0.3) is 0 Å². The Hall–Kier alpha value is -12.3. The zero-order valence-electron chi connectivity index (χ0n) is 51.7. The van der Waals surface area contributed by atoms with E-state index in [4.69, 9.17) is 15.4 Å². The van der Waals surface area contributed by atoms with Gasteiger partial charge in [0.2, 0.25) is 0 Å². The van der Waals surface area contributed by atoms with E-state index in [1.165, 1.54) is 81.0 Å². The molecule has 0 radical (unpaired) electrons. The van der Waals surface area contributed by atoms with Crippen LogP contribution in [0.15, 0.2) is 327 Å². The number of nitrogens with one attached hydrogen (secondary N) is 3. The van der Waals surface area contributed by atoms with Crippen LogP contribution in [-0.4, -0.2) is 16.5 Å². The molecule has 1 atom stereocenters. The third-order valence-corrected chi connectivity index (χ3v) is 18.9. The van der Waals surface area contributed by atoms with E-state index >= 15 is 0 Å². The van der Waals surface area contributed by atoms with Crippen LogP contribution < -0.4 is 10.6 Å². The molecule has 0 fully saturated rings. The van der Waals surface area contributed by atoms with Gasteiger partial charge in [-0.1, -0.05) is 249 Å². The summed E-state index contributed by atoms with van der Waals surface area (Å²) >= 11 is 0. The minimum Gasteiger partial charge on any atom is -0.374 e. The summed E-state index contributed by atoms with van der Waals surface area (Å²) < 4.78 is 0. The van der Waals surface area contributed by atoms with E-state index in [9.17, 15) is 0 Å². The second-order valence-electron chi connectivity index (χ2n) is 24.6.